The van der Waals surface area contributed by atoms with E-state index in [1.54, 1.807) is 30.5 Å². The fourth-order valence-electron chi connectivity index (χ4n) is 2.39. The third-order valence-electron chi connectivity index (χ3n) is 4.24. The van der Waals surface area contributed by atoms with Crippen molar-refractivity contribution in [2.75, 3.05) is 6.54 Å². The Hall–Kier alpha value is -2.90. The van der Waals surface area contributed by atoms with Crippen LogP contribution < -0.4 is 5.32 Å². The molecule has 0 aliphatic heterocycles. The molecule has 1 amide bonds. The number of benzene rings is 1. The second-order valence-electron chi connectivity index (χ2n) is 6.06. The topological polar surface area (TPSA) is 92.2 Å². The van der Waals surface area contributed by atoms with Gasteiger partial charge in [-0.05, 0) is 37.1 Å². The highest BCUT2D eigenvalue weighted by Gasteiger charge is 2.56. The van der Waals surface area contributed by atoms with E-state index in [0.29, 0.717) is 5.56 Å². The Morgan fingerprint density at radius 1 is 1.35 bits per heavy atom. The van der Waals surface area contributed by atoms with E-state index in [4.69, 9.17) is 9.90 Å². The van der Waals surface area contributed by atoms with Gasteiger partial charge in [0, 0.05) is 30.0 Å². The molecule has 0 radical (unpaired) electrons. The van der Waals surface area contributed by atoms with Gasteiger partial charge in [-0.15, -0.1) is 0 Å². The average molecular weight is 363 g/mol. The first kappa shape index (κ1) is 19.4. The van der Waals surface area contributed by atoms with Gasteiger partial charge in [-0.3, -0.25) is 9.59 Å². The Morgan fingerprint density at radius 2 is 1.92 bits per heavy atom. The molecular weight excluding hydrogens is 344 g/mol. The van der Waals surface area contributed by atoms with Crippen molar-refractivity contribution in [3.05, 3.63) is 47.2 Å². The lowest BCUT2D eigenvalue weighted by atomic mass is 10.0. The summed E-state index contributed by atoms with van der Waals surface area (Å²) in [5, 5.41) is 17.5. The summed E-state index contributed by atoms with van der Waals surface area (Å²) in [6.45, 7) is 3.69. The molecule has 1 unspecified atom stereocenters. The molecule has 26 heavy (non-hydrogen) atoms. The minimum Gasteiger partial charge on any atom is -0.483 e. The Morgan fingerprint density at radius 3 is 2.46 bits per heavy atom. The molecule has 2 N–H and O–H groups in total. The highest BCUT2D eigenvalue weighted by Crippen LogP contribution is 2.47. The Labute approximate surface area is 149 Å². The number of rotatable bonds is 4. The summed E-state index contributed by atoms with van der Waals surface area (Å²) in [4.78, 5) is 20.3. The molecule has 0 saturated heterocycles. The van der Waals surface area contributed by atoms with E-state index in [2.05, 4.69) is 15.5 Å². The Balaban J connectivity index is 0.000000758. The molecule has 1 fully saturated rings. The maximum atomic E-state index is 12.8. The van der Waals surface area contributed by atoms with Gasteiger partial charge in [0.1, 0.15) is 0 Å². The maximum absolute atomic E-state index is 12.8. The van der Waals surface area contributed by atoms with Gasteiger partial charge in [0.2, 0.25) is 0 Å². The van der Waals surface area contributed by atoms with E-state index < -0.39 is 11.8 Å². The fourth-order valence-corrected chi connectivity index (χ4v) is 2.39. The van der Waals surface area contributed by atoms with Crippen LogP contribution in [0.3, 0.4) is 0 Å². The summed E-state index contributed by atoms with van der Waals surface area (Å²) in [5.74, 6) is -3.68. The molecule has 2 aromatic rings. The second-order valence-corrected chi connectivity index (χ2v) is 6.06. The van der Waals surface area contributed by atoms with Gasteiger partial charge in [-0.1, -0.05) is 12.1 Å². The molecule has 0 spiro atoms. The minimum atomic E-state index is -2.61. The van der Waals surface area contributed by atoms with Crippen molar-refractivity contribution in [2.24, 2.45) is 5.92 Å². The molecule has 1 aromatic heterocycles. The quantitative estimate of drug-likeness (QED) is 0.815. The summed E-state index contributed by atoms with van der Waals surface area (Å²) in [6.07, 6.45) is 1.56. The SMILES string of the molecule is Cc1cnnc(-c2ccc(C(=O)NCC3CC3(F)F)cc2)c1C.O=CO. The van der Waals surface area contributed by atoms with E-state index in [0.717, 1.165) is 22.4 Å². The molecule has 138 valence electrons. The van der Waals surface area contributed by atoms with Gasteiger partial charge < -0.3 is 10.4 Å². The molecule has 1 aliphatic carbocycles. The number of carboxylic acid groups (broad SMARTS) is 1. The van der Waals surface area contributed by atoms with Gasteiger partial charge in [0.05, 0.1) is 11.9 Å². The lowest BCUT2D eigenvalue weighted by Gasteiger charge is -2.08. The standard InChI is InChI=1S/C17H17F2N3O.CH2O2/c1-10-8-21-22-15(11(10)2)12-3-5-13(6-4-12)16(23)20-9-14-7-17(14,18)19;2-1-3/h3-6,8,14H,7,9H2,1-2H3,(H,20,23);1H,(H,2,3). The zero-order chi connectivity index (χ0) is 19.3. The van der Waals surface area contributed by atoms with Gasteiger partial charge in [0.15, 0.2) is 0 Å². The number of hydrogen-bond acceptors (Lipinski definition) is 4. The van der Waals surface area contributed by atoms with E-state index in [9.17, 15) is 13.6 Å². The van der Waals surface area contributed by atoms with Crippen LogP contribution in [0.1, 0.15) is 27.9 Å². The number of carbonyl (C=O) groups excluding carboxylic acids is 1. The minimum absolute atomic E-state index is 0.00997. The molecule has 1 saturated carbocycles. The van der Waals surface area contributed by atoms with Gasteiger partial charge in [-0.25, -0.2) is 8.78 Å². The van der Waals surface area contributed by atoms with E-state index in [-0.39, 0.29) is 25.3 Å². The van der Waals surface area contributed by atoms with Gasteiger partial charge in [-0.2, -0.15) is 10.2 Å². The molecule has 1 heterocycles. The van der Waals surface area contributed by atoms with Crippen LogP contribution in [-0.4, -0.2) is 40.2 Å². The summed E-state index contributed by atoms with van der Waals surface area (Å²) >= 11 is 0. The first-order valence-corrected chi connectivity index (χ1v) is 7.93. The van der Waals surface area contributed by atoms with Crippen LogP contribution in [0.15, 0.2) is 30.5 Å². The third kappa shape index (κ3) is 4.59. The normalized spacial score (nSPS) is 16.8. The molecule has 1 aromatic carbocycles. The Kier molecular flexibility index (Phi) is 5.97. The fraction of sp³-hybridized carbons (Fsp3) is 0.333. The highest BCUT2D eigenvalue weighted by atomic mass is 19.3. The number of amides is 1. The van der Waals surface area contributed by atoms with Crippen molar-refractivity contribution >= 4 is 12.4 Å². The van der Waals surface area contributed by atoms with Gasteiger partial charge >= 0.3 is 0 Å². The highest BCUT2D eigenvalue weighted by molar-refractivity contribution is 5.94. The van der Waals surface area contributed by atoms with Gasteiger partial charge in [0.25, 0.3) is 18.3 Å². The van der Waals surface area contributed by atoms with Crippen molar-refractivity contribution in [3.63, 3.8) is 0 Å². The predicted octanol–water partition coefficient (Wildman–Crippen LogP) is 2.85. The third-order valence-corrected chi connectivity index (χ3v) is 4.24. The molecular formula is C18H19F2N3O3. The maximum Gasteiger partial charge on any atom is 0.290 e. The molecule has 1 atom stereocenters. The summed E-state index contributed by atoms with van der Waals surface area (Å²) in [5.41, 5.74) is 4.16. The van der Waals surface area contributed by atoms with Crippen molar-refractivity contribution in [1.82, 2.24) is 15.5 Å². The number of hydrogen-bond donors (Lipinski definition) is 2. The molecule has 6 nitrogen and oxygen atoms in total. The van der Waals surface area contributed by atoms with Crippen molar-refractivity contribution in [3.8, 4) is 11.3 Å². The number of aromatic nitrogens is 2. The van der Waals surface area contributed by atoms with Crippen LogP contribution in [0.2, 0.25) is 0 Å². The number of nitrogens with zero attached hydrogens (tertiary/aromatic N) is 2. The number of carbonyl (C=O) groups is 2. The van der Waals surface area contributed by atoms with Crippen LogP contribution in [0.5, 0.6) is 0 Å². The van der Waals surface area contributed by atoms with Crippen LogP contribution in [-0.2, 0) is 4.79 Å². The zero-order valence-corrected chi connectivity index (χ0v) is 14.4. The number of halogens is 2. The summed E-state index contributed by atoms with van der Waals surface area (Å²) in [6, 6.07) is 6.91. The molecule has 0 bridgehead atoms. The smallest absolute Gasteiger partial charge is 0.290 e. The van der Waals surface area contributed by atoms with E-state index in [1.165, 1.54) is 0 Å². The van der Waals surface area contributed by atoms with Crippen LogP contribution >= 0.6 is 0 Å². The van der Waals surface area contributed by atoms with Crippen molar-refractivity contribution < 1.29 is 23.5 Å². The first-order chi connectivity index (χ1) is 12.3. The first-order valence-electron chi connectivity index (χ1n) is 7.93. The van der Waals surface area contributed by atoms with Crippen molar-refractivity contribution in [1.29, 1.82) is 0 Å². The monoisotopic (exact) mass is 363 g/mol. The van der Waals surface area contributed by atoms with Crippen LogP contribution in [0.4, 0.5) is 8.78 Å². The summed E-state index contributed by atoms with van der Waals surface area (Å²) in [7, 11) is 0. The second kappa shape index (κ2) is 7.99. The van der Waals surface area contributed by atoms with E-state index >= 15 is 0 Å². The molecule has 1 aliphatic rings. The lowest BCUT2D eigenvalue weighted by Crippen LogP contribution is -2.26. The van der Waals surface area contributed by atoms with Crippen LogP contribution in [0.25, 0.3) is 11.3 Å². The zero-order valence-electron chi connectivity index (χ0n) is 14.4. The number of alkyl halides is 2. The summed E-state index contributed by atoms with van der Waals surface area (Å²) < 4.78 is 25.6. The molecule has 8 heteroatoms. The predicted molar refractivity (Wildman–Crippen MR) is 91.0 cm³/mol. The Bertz CT molecular complexity index is 795. The van der Waals surface area contributed by atoms with Crippen LogP contribution in [0, 0.1) is 19.8 Å². The largest absolute Gasteiger partial charge is 0.483 e. The molecule has 3 rings (SSSR count). The lowest BCUT2D eigenvalue weighted by molar-refractivity contribution is -0.122. The van der Waals surface area contributed by atoms with Crippen molar-refractivity contribution in [2.45, 2.75) is 26.2 Å². The number of nitrogens with one attached hydrogen (secondary N) is 1. The number of aryl methyl sites for hydroxylation is 1. The van der Waals surface area contributed by atoms with E-state index in [1.807, 2.05) is 13.8 Å². The average Bonchev–Trinajstić information content (AvgIpc) is 3.23.